The lowest BCUT2D eigenvalue weighted by Crippen LogP contribution is -2.79. The first-order chi connectivity index (χ1) is 15.7. The number of benzene rings is 1. The van der Waals surface area contributed by atoms with Crippen LogP contribution >= 0.6 is 0 Å². The number of fused-ring (bicyclic) bond motifs is 1. The van der Waals surface area contributed by atoms with Crippen LogP contribution in [0.5, 0.6) is 0 Å². The largest absolute Gasteiger partial charge is 0.459 e. The van der Waals surface area contributed by atoms with Gasteiger partial charge in [0.05, 0.1) is 28.8 Å². The molecule has 174 valence electrons. The molecule has 9 aliphatic rings. The Balaban J connectivity index is 1.27. The summed E-state index contributed by atoms with van der Waals surface area (Å²) >= 11 is 0. The van der Waals surface area contributed by atoms with Gasteiger partial charge in [0.15, 0.2) is 0 Å². The maximum absolute atomic E-state index is 13.0. The number of hydrogen-bond donors (Lipinski definition) is 3. The second-order valence-corrected chi connectivity index (χ2v) is 12.5. The second-order valence-electron chi connectivity index (χ2n) is 12.5. The van der Waals surface area contributed by atoms with Crippen LogP contribution in [0.25, 0.3) is 0 Å². The van der Waals surface area contributed by atoms with E-state index in [2.05, 4.69) is 18.4 Å². The number of rotatable bonds is 2. The molecule has 3 aliphatic heterocycles. The van der Waals surface area contributed by atoms with Gasteiger partial charge in [0.1, 0.15) is 6.10 Å². The van der Waals surface area contributed by atoms with E-state index in [1.165, 1.54) is 0 Å². The fraction of sp³-hybridized carbons (Fsp3) is 0.667. The molecule has 10 rings (SSSR count). The fourth-order valence-corrected chi connectivity index (χ4v) is 11.4. The molecule has 33 heavy (non-hydrogen) atoms. The maximum atomic E-state index is 13.0. The summed E-state index contributed by atoms with van der Waals surface area (Å²) in [6, 6.07) is 9.20. The number of carbonyl (C=O) groups is 1. The molecule has 13 atom stereocenters. The molecule has 6 nitrogen and oxygen atoms in total. The summed E-state index contributed by atoms with van der Waals surface area (Å²) in [5.74, 6) is -0.0287. The first kappa shape index (κ1) is 19.6. The summed E-state index contributed by atoms with van der Waals surface area (Å²) < 4.78 is 6.13. The molecule has 1 aromatic rings. The predicted molar refractivity (Wildman–Crippen MR) is 118 cm³/mol. The van der Waals surface area contributed by atoms with Gasteiger partial charge in [-0.15, -0.1) is 0 Å². The van der Waals surface area contributed by atoms with Gasteiger partial charge >= 0.3 is 5.97 Å². The summed E-state index contributed by atoms with van der Waals surface area (Å²) in [5.41, 5.74) is -1.39. The van der Waals surface area contributed by atoms with Crippen molar-refractivity contribution in [3.8, 4) is 0 Å². The molecule has 0 radical (unpaired) electrons. The first-order valence-electron chi connectivity index (χ1n) is 12.5. The van der Waals surface area contributed by atoms with Crippen LogP contribution in [0.3, 0.4) is 0 Å². The Morgan fingerprint density at radius 2 is 1.94 bits per heavy atom. The van der Waals surface area contributed by atoms with Gasteiger partial charge in [-0.1, -0.05) is 31.7 Å². The Morgan fingerprint density at radius 1 is 1.18 bits per heavy atom. The van der Waals surface area contributed by atoms with Gasteiger partial charge in [-0.05, 0) is 66.6 Å². The van der Waals surface area contributed by atoms with Crippen LogP contribution in [0.2, 0.25) is 0 Å². The van der Waals surface area contributed by atoms with E-state index in [-0.39, 0.29) is 47.3 Å². The van der Waals surface area contributed by atoms with Crippen LogP contribution in [0.15, 0.2) is 42.5 Å². The smallest absolute Gasteiger partial charge is 0.338 e. The number of carbonyl (C=O) groups excluding carboxylic acids is 1. The lowest BCUT2D eigenvalue weighted by atomic mass is 9.37. The van der Waals surface area contributed by atoms with Crippen molar-refractivity contribution < 1.29 is 24.9 Å². The van der Waals surface area contributed by atoms with Crippen molar-refractivity contribution in [2.75, 3.05) is 6.54 Å². The van der Waals surface area contributed by atoms with Gasteiger partial charge < -0.3 is 20.1 Å². The van der Waals surface area contributed by atoms with Crippen LogP contribution in [-0.2, 0) is 4.74 Å². The van der Waals surface area contributed by atoms with Crippen LogP contribution < -0.4 is 0 Å². The first-order valence-corrected chi connectivity index (χ1v) is 12.5. The minimum Gasteiger partial charge on any atom is -0.459 e. The molecule has 6 saturated carbocycles. The molecular weight excluding hydrogens is 418 g/mol. The molecule has 6 heteroatoms. The summed E-state index contributed by atoms with van der Waals surface area (Å²) in [6.07, 6.45) is 0.870. The highest BCUT2D eigenvalue weighted by Gasteiger charge is 2.96. The maximum Gasteiger partial charge on any atom is 0.338 e. The van der Waals surface area contributed by atoms with Crippen molar-refractivity contribution >= 4 is 5.97 Å². The molecule has 6 aliphatic carbocycles. The highest BCUT2D eigenvalue weighted by Crippen LogP contribution is 2.88. The Labute approximate surface area is 193 Å². The van der Waals surface area contributed by atoms with E-state index >= 15 is 0 Å². The van der Waals surface area contributed by atoms with Crippen molar-refractivity contribution in [2.45, 2.75) is 68.6 Å². The lowest BCUT2D eigenvalue weighted by molar-refractivity contribution is -0.310. The third-order valence-electron chi connectivity index (χ3n) is 11.7. The van der Waals surface area contributed by atoms with E-state index in [1.807, 2.05) is 18.2 Å². The number of esters is 1. The van der Waals surface area contributed by atoms with E-state index in [0.29, 0.717) is 18.4 Å². The van der Waals surface area contributed by atoms with Gasteiger partial charge in [-0.2, -0.15) is 0 Å². The Hall–Kier alpha value is -1.73. The van der Waals surface area contributed by atoms with Gasteiger partial charge in [0.25, 0.3) is 0 Å². The van der Waals surface area contributed by atoms with E-state index < -0.39 is 28.6 Å². The molecule has 0 aromatic heterocycles. The van der Waals surface area contributed by atoms with Gasteiger partial charge in [-0.3, -0.25) is 4.90 Å². The monoisotopic (exact) mass is 449 g/mol. The van der Waals surface area contributed by atoms with Gasteiger partial charge in [-0.25, -0.2) is 4.79 Å². The zero-order chi connectivity index (χ0) is 22.7. The fourth-order valence-electron chi connectivity index (χ4n) is 11.4. The molecule has 1 aromatic carbocycles. The average Bonchev–Trinajstić information content (AvgIpc) is 3.24. The number of hydrogen-bond acceptors (Lipinski definition) is 6. The van der Waals surface area contributed by atoms with Gasteiger partial charge in [0.2, 0.25) is 0 Å². The number of piperidine rings is 2. The third kappa shape index (κ3) is 1.67. The Morgan fingerprint density at radius 3 is 2.70 bits per heavy atom. The molecule has 2 spiro atoms. The van der Waals surface area contributed by atoms with Crippen molar-refractivity contribution in [1.82, 2.24) is 4.90 Å². The minimum atomic E-state index is -1.17. The molecule has 3 saturated heterocycles. The zero-order valence-corrected chi connectivity index (χ0v) is 18.9. The SMILES string of the molecule is C=C1[C@H]2C[C@@H]3[C@H]4N5C[C@]6(C)C[C@H](OC(=O)c7ccccc7)C[C@@]47[C@@H]6[C@@H]5[C@@H](O)[C@]3([C@@H]1O)[C@@]7(O)C2. The molecule has 0 amide bonds. The summed E-state index contributed by atoms with van der Waals surface area (Å²) in [7, 11) is 0. The highest BCUT2D eigenvalue weighted by atomic mass is 16.5. The van der Waals surface area contributed by atoms with Crippen molar-refractivity contribution in [3.63, 3.8) is 0 Å². The highest BCUT2D eigenvalue weighted by molar-refractivity contribution is 5.89. The standard InChI is InChI=1S/C27H31NO5/c1-13-15-8-17-20-25-11-16(33-23(31)14-6-4-3-5-7-14)10-24(2)12-28(20)18(19(24)25)22(30)27(17,21(13)29)26(25,32)9-15/h3-7,15-22,29-30,32H,1,8-12H2,2H3/t15-,16-,17+,18+,19+,20+,21+,22+,24-,25+,26+,27-/m0/s1. The van der Waals surface area contributed by atoms with Crippen LogP contribution in [0, 0.1) is 34.0 Å². The number of nitrogens with zero attached hydrogens (tertiary/aromatic N) is 1. The number of aliphatic hydroxyl groups excluding tert-OH is 2. The normalized spacial score (nSPS) is 60.5. The van der Waals surface area contributed by atoms with E-state index in [0.717, 1.165) is 25.0 Å². The topological polar surface area (TPSA) is 90.2 Å². The number of aliphatic hydroxyl groups is 3. The summed E-state index contributed by atoms with van der Waals surface area (Å²) in [4.78, 5) is 15.5. The second kappa shape index (κ2) is 5.40. The van der Waals surface area contributed by atoms with Gasteiger partial charge in [0, 0.05) is 24.0 Å². The quantitative estimate of drug-likeness (QED) is 0.471. The molecular formula is C27H31NO5. The minimum absolute atomic E-state index is 0.0422. The van der Waals surface area contributed by atoms with Crippen LogP contribution in [0.1, 0.15) is 43.0 Å². The van der Waals surface area contributed by atoms with E-state index in [4.69, 9.17) is 4.74 Å². The van der Waals surface area contributed by atoms with Crippen molar-refractivity contribution in [1.29, 1.82) is 0 Å². The van der Waals surface area contributed by atoms with Crippen LogP contribution in [0.4, 0.5) is 0 Å². The molecule has 3 heterocycles. The lowest BCUT2D eigenvalue weighted by Gasteiger charge is -2.70. The zero-order valence-electron chi connectivity index (χ0n) is 18.9. The predicted octanol–water partition coefficient (Wildman–Crippen LogP) is 1.74. The summed E-state index contributed by atoms with van der Waals surface area (Å²) in [5, 5.41) is 36.1. The Kier molecular flexibility index (Phi) is 3.20. The Bertz CT molecular complexity index is 1120. The average molecular weight is 450 g/mol. The number of ether oxygens (including phenoxy) is 1. The van der Waals surface area contributed by atoms with Crippen molar-refractivity contribution in [2.24, 2.45) is 34.0 Å². The third-order valence-corrected chi connectivity index (χ3v) is 11.7. The molecule has 9 fully saturated rings. The van der Waals surface area contributed by atoms with Crippen molar-refractivity contribution in [3.05, 3.63) is 48.0 Å². The molecule has 1 unspecified atom stereocenters. The molecule has 3 N–H and O–H groups in total. The van der Waals surface area contributed by atoms with Crippen LogP contribution in [-0.4, -0.2) is 68.7 Å². The molecule has 9 bridgehead atoms. The summed E-state index contributed by atoms with van der Waals surface area (Å²) in [6.45, 7) is 7.32. The van der Waals surface area contributed by atoms with E-state index in [1.54, 1.807) is 12.1 Å². The van der Waals surface area contributed by atoms with E-state index in [9.17, 15) is 20.1 Å².